The molecule has 0 aliphatic carbocycles. The number of halogens is 6. The average Bonchev–Trinajstić information content (AvgIpc) is 3.35. The Morgan fingerprint density at radius 1 is 0.898 bits per heavy atom. The van der Waals surface area contributed by atoms with Crippen molar-refractivity contribution in [2.45, 2.75) is 74.6 Å². The van der Waals surface area contributed by atoms with Gasteiger partial charge in [0.2, 0.25) is 0 Å². The lowest BCUT2D eigenvalue weighted by Gasteiger charge is -2.36. The molecule has 9 nitrogen and oxygen atoms in total. The van der Waals surface area contributed by atoms with E-state index >= 15 is 0 Å². The monoisotopic (exact) mass is 699 g/mol. The van der Waals surface area contributed by atoms with Gasteiger partial charge in [0, 0.05) is 25.3 Å². The van der Waals surface area contributed by atoms with Gasteiger partial charge in [-0.25, -0.2) is 14.4 Å². The summed E-state index contributed by atoms with van der Waals surface area (Å²) in [6.07, 6.45) is -9.22. The zero-order valence-electron chi connectivity index (χ0n) is 26.9. The molecule has 2 aromatic rings. The van der Waals surface area contributed by atoms with Crippen LogP contribution in [0.1, 0.15) is 37.8 Å². The van der Waals surface area contributed by atoms with Gasteiger partial charge in [-0.05, 0) is 44.4 Å². The molecule has 0 spiro atoms. The van der Waals surface area contributed by atoms with Crippen molar-refractivity contribution in [3.05, 3.63) is 95.6 Å². The van der Waals surface area contributed by atoms with Crippen LogP contribution in [0.4, 0.5) is 31.1 Å². The van der Waals surface area contributed by atoms with E-state index in [1.54, 1.807) is 19.1 Å². The number of nitrogens with zero attached hydrogens (tertiary/aromatic N) is 1. The predicted octanol–water partition coefficient (Wildman–Crippen LogP) is 6.52. The summed E-state index contributed by atoms with van der Waals surface area (Å²) < 4.78 is 111. The first-order valence-corrected chi connectivity index (χ1v) is 15.1. The Morgan fingerprint density at radius 2 is 1.41 bits per heavy atom. The molecule has 2 aliphatic rings. The van der Waals surface area contributed by atoms with E-state index in [-0.39, 0.29) is 19.4 Å². The molecule has 0 unspecified atom stereocenters. The standard InChI is InChI=1S/C34H35F6NO8/c1-21-19-25(48-29(43)32(46-4,34(38,39)40)24-16-9-6-10-17-24)20-41-27(21)26(49-30(41)44)18-12-11-13-22(2)47-28(42)31(45-3,33(35,36)37)23-14-7-5-8-15-23/h5-10,12,14-19,22,25-27H,11,13,20H2,1-4H3/b18-12+/t22-,25-,26-,27+,31+,32+/m1/s1. The van der Waals surface area contributed by atoms with Crippen LogP contribution in [0.2, 0.25) is 0 Å². The van der Waals surface area contributed by atoms with Crippen LogP contribution in [-0.4, -0.2) is 80.4 Å². The van der Waals surface area contributed by atoms with Crippen molar-refractivity contribution in [2.24, 2.45) is 0 Å². The first-order valence-electron chi connectivity index (χ1n) is 15.1. The SMILES string of the molecule is CO[C@](C(=O)O[C@H](C)CC/C=C/[C@H]1OC(=O)N2C[C@H](OC(=O)[C@@](OC)(c3ccccc3)C(F)(F)F)C=C(C)[C@@H]12)(c1ccccc1)C(F)(F)F. The number of allylic oxidation sites excluding steroid dienone is 1. The molecule has 2 aliphatic heterocycles. The van der Waals surface area contributed by atoms with E-state index in [1.165, 1.54) is 54.3 Å². The Balaban J connectivity index is 1.40. The second kappa shape index (κ2) is 14.6. The molecule has 6 atom stereocenters. The van der Waals surface area contributed by atoms with Gasteiger partial charge >= 0.3 is 30.4 Å². The van der Waals surface area contributed by atoms with E-state index in [2.05, 4.69) is 0 Å². The van der Waals surface area contributed by atoms with Gasteiger partial charge in [-0.3, -0.25) is 4.90 Å². The largest absolute Gasteiger partial charge is 0.460 e. The number of benzene rings is 2. The maximum absolute atomic E-state index is 14.3. The highest BCUT2D eigenvalue weighted by molar-refractivity contribution is 5.83. The van der Waals surface area contributed by atoms with Crippen LogP contribution in [0.25, 0.3) is 0 Å². The first-order chi connectivity index (χ1) is 23.0. The van der Waals surface area contributed by atoms with E-state index in [1.807, 2.05) is 0 Å². The van der Waals surface area contributed by atoms with E-state index in [4.69, 9.17) is 23.7 Å². The van der Waals surface area contributed by atoms with Crippen LogP contribution in [-0.2, 0) is 44.5 Å². The minimum atomic E-state index is -5.18. The smallest absolute Gasteiger partial charge is 0.432 e. The number of hydrogen-bond donors (Lipinski definition) is 0. The van der Waals surface area contributed by atoms with Crippen LogP contribution in [0, 0.1) is 0 Å². The number of hydrogen-bond acceptors (Lipinski definition) is 8. The summed E-state index contributed by atoms with van der Waals surface area (Å²) >= 11 is 0. The summed E-state index contributed by atoms with van der Waals surface area (Å²) in [5.41, 5.74) is -7.17. The summed E-state index contributed by atoms with van der Waals surface area (Å²) in [5, 5.41) is 0. The van der Waals surface area contributed by atoms with E-state index < -0.39 is 77.1 Å². The number of rotatable bonds is 12. The Kier molecular flexibility index (Phi) is 11.2. The Bertz CT molecular complexity index is 1550. The zero-order chi connectivity index (χ0) is 36.2. The molecule has 266 valence electrons. The van der Waals surface area contributed by atoms with Crippen LogP contribution >= 0.6 is 0 Å². The van der Waals surface area contributed by atoms with Crippen molar-refractivity contribution in [3.8, 4) is 0 Å². The molecule has 49 heavy (non-hydrogen) atoms. The lowest BCUT2D eigenvalue weighted by atomic mass is 9.92. The summed E-state index contributed by atoms with van der Waals surface area (Å²) in [4.78, 5) is 39.9. The summed E-state index contributed by atoms with van der Waals surface area (Å²) in [7, 11) is 1.52. The normalized spacial score (nSPS) is 22.7. The van der Waals surface area contributed by atoms with Crippen LogP contribution < -0.4 is 0 Å². The molecule has 2 aromatic carbocycles. The van der Waals surface area contributed by atoms with Crippen molar-refractivity contribution in [1.29, 1.82) is 0 Å². The van der Waals surface area contributed by atoms with Gasteiger partial charge in [-0.15, -0.1) is 0 Å². The lowest BCUT2D eigenvalue weighted by Crippen LogP contribution is -2.54. The number of cyclic esters (lactones) is 1. The van der Waals surface area contributed by atoms with Gasteiger partial charge < -0.3 is 23.7 Å². The van der Waals surface area contributed by atoms with Crippen molar-refractivity contribution in [3.63, 3.8) is 0 Å². The fourth-order valence-corrected chi connectivity index (χ4v) is 5.97. The number of esters is 2. The Morgan fingerprint density at radius 3 is 1.90 bits per heavy atom. The van der Waals surface area contributed by atoms with Gasteiger partial charge in [0.25, 0.3) is 11.2 Å². The average molecular weight is 700 g/mol. The Hall–Kier alpha value is -4.37. The van der Waals surface area contributed by atoms with Crippen molar-refractivity contribution in [2.75, 3.05) is 20.8 Å². The molecule has 1 amide bonds. The molecule has 0 radical (unpaired) electrons. The number of alkyl halides is 6. The topological polar surface area (TPSA) is 101 Å². The molecule has 0 aromatic heterocycles. The molecule has 4 rings (SSSR count). The second-order valence-corrected chi connectivity index (χ2v) is 11.5. The summed E-state index contributed by atoms with van der Waals surface area (Å²) in [6.45, 7) is 2.73. The van der Waals surface area contributed by atoms with Crippen molar-refractivity contribution < 1.29 is 64.4 Å². The molecule has 0 saturated carbocycles. The van der Waals surface area contributed by atoms with E-state index in [0.717, 1.165) is 38.5 Å². The highest BCUT2D eigenvalue weighted by atomic mass is 19.4. The number of ether oxygens (including phenoxy) is 5. The van der Waals surface area contributed by atoms with Crippen LogP contribution in [0.15, 0.2) is 84.5 Å². The Labute approximate surface area is 278 Å². The minimum absolute atomic E-state index is 0.110. The fourth-order valence-electron chi connectivity index (χ4n) is 5.97. The third-order valence-corrected chi connectivity index (χ3v) is 8.39. The van der Waals surface area contributed by atoms with Gasteiger partial charge in [0.15, 0.2) is 0 Å². The highest BCUT2D eigenvalue weighted by Crippen LogP contribution is 2.45. The quantitative estimate of drug-likeness (QED) is 0.107. The maximum Gasteiger partial charge on any atom is 0.432 e. The molecule has 0 N–H and O–H groups in total. The number of carbonyl (C=O) groups excluding carboxylic acids is 3. The van der Waals surface area contributed by atoms with Gasteiger partial charge in [-0.2, -0.15) is 26.3 Å². The maximum atomic E-state index is 14.3. The third kappa shape index (κ3) is 7.18. The summed E-state index contributed by atoms with van der Waals surface area (Å²) in [5.74, 6) is -3.33. The van der Waals surface area contributed by atoms with E-state index in [0.29, 0.717) is 5.57 Å². The van der Waals surface area contributed by atoms with Crippen molar-refractivity contribution in [1.82, 2.24) is 4.90 Å². The molecule has 2 heterocycles. The molecule has 15 heteroatoms. The first kappa shape index (κ1) is 37.4. The predicted molar refractivity (Wildman–Crippen MR) is 161 cm³/mol. The number of amides is 1. The van der Waals surface area contributed by atoms with Gasteiger partial charge in [0.1, 0.15) is 12.2 Å². The zero-order valence-corrected chi connectivity index (χ0v) is 26.9. The van der Waals surface area contributed by atoms with Crippen LogP contribution in [0.5, 0.6) is 0 Å². The second-order valence-electron chi connectivity index (χ2n) is 11.5. The van der Waals surface area contributed by atoms with Crippen molar-refractivity contribution >= 4 is 18.0 Å². The molecular weight excluding hydrogens is 664 g/mol. The summed E-state index contributed by atoms with van der Waals surface area (Å²) in [6, 6.07) is 12.1. The molecule has 1 fully saturated rings. The van der Waals surface area contributed by atoms with Gasteiger partial charge in [-0.1, -0.05) is 66.7 Å². The molecule has 1 saturated heterocycles. The lowest BCUT2D eigenvalue weighted by molar-refractivity contribution is -0.278. The minimum Gasteiger partial charge on any atom is -0.460 e. The number of fused-ring (bicyclic) bond motifs is 1. The highest BCUT2D eigenvalue weighted by Gasteiger charge is 2.65. The number of carbonyl (C=O) groups is 3. The van der Waals surface area contributed by atoms with Crippen LogP contribution in [0.3, 0.4) is 0 Å². The van der Waals surface area contributed by atoms with Gasteiger partial charge in [0.05, 0.1) is 18.7 Å². The molecule has 0 bridgehead atoms. The van der Waals surface area contributed by atoms with E-state index in [9.17, 15) is 40.7 Å². The fraction of sp³-hybridized carbons (Fsp3) is 0.441. The number of methoxy groups -OCH3 is 2. The molecular formula is C34H35F6NO8. The third-order valence-electron chi connectivity index (χ3n) is 8.39.